The van der Waals surface area contributed by atoms with E-state index in [1.807, 2.05) is 0 Å². The number of esters is 1. The molecule has 2 atom stereocenters. The van der Waals surface area contributed by atoms with Crippen molar-refractivity contribution in [3.63, 3.8) is 0 Å². The lowest BCUT2D eigenvalue weighted by Gasteiger charge is -2.16. The van der Waals surface area contributed by atoms with Crippen molar-refractivity contribution < 1.29 is 13.9 Å². The molecule has 0 amide bonds. The van der Waals surface area contributed by atoms with Gasteiger partial charge in [-0.15, -0.1) is 12.4 Å². The molecule has 0 fully saturated rings. The van der Waals surface area contributed by atoms with Crippen molar-refractivity contribution in [1.29, 1.82) is 0 Å². The van der Waals surface area contributed by atoms with Gasteiger partial charge in [-0.25, -0.2) is 9.18 Å². The highest BCUT2D eigenvalue weighted by Gasteiger charge is 2.28. The smallest absolute Gasteiger partial charge is 0.342 e. The molecule has 0 radical (unpaired) electrons. The first-order valence-electron chi connectivity index (χ1n) is 4.88. The highest BCUT2D eigenvalue weighted by Crippen LogP contribution is 2.25. The summed E-state index contributed by atoms with van der Waals surface area (Å²) in [4.78, 5) is 11.1. The van der Waals surface area contributed by atoms with Crippen LogP contribution in [0.25, 0.3) is 0 Å². The second-order valence-corrected chi connectivity index (χ2v) is 3.61. The van der Waals surface area contributed by atoms with Crippen LogP contribution in [0, 0.1) is 0 Å². The predicted molar refractivity (Wildman–Crippen MR) is 67.2 cm³/mol. The Kier molecular flexibility index (Phi) is 7.11. The van der Waals surface area contributed by atoms with E-state index in [0.29, 0.717) is 10.6 Å². The molecule has 0 aliphatic heterocycles. The van der Waals surface area contributed by atoms with Crippen LogP contribution >= 0.6 is 24.0 Å². The van der Waals surface area contributed by atoms with E-state index in [1.165, 1.54) is 0 Å². The van der Waals surface area contributed by atoms with Gasteiger partial charge in [0.2, 0.25) is 6.17 Å². The molecule has 0 aliphatic carbocycles. The van der Waals surface area contributed by atoms with Gasteiger partial charge in [-0.2, -0.15) is 0 Å². The molecule has 6 heteroatoms. The molecule has 0 saturated carbocycles. The minimum absolute atomic E-state index is 0. The van der Waals surface area contributed by atoms with Gasteiger partial charge in [0.05, 0.1) is 12.6 Å². The van der Waals surface area contributed by atoms with Gasteiger partial charge in [0.15, 0.2) is 0 Å². The van der Waals surface area contributed by atoms with Gasteiger partial charge >= 0.3 is 5.97 Å². The number of ether oxygens (including phenoxy) is 1. The normalized spacial score (nSPS) is 13.4. The molecule has 0 saturated heterocycles. The molecule has 1 aromatic carbocycles. The molecule has 1 aromatic rings. The summed E-state index contributed by atoms with van der Waals surface area (Å²) in [6, 6.07) is 5.45. The lowest BCUT2D eigenvalue weighted by Crippen LogP contribution is -2.31. The van der Waals surface area contributed by atoms with Gasteiger partial charge in [-0.05, 0) is 18.6 Å². The number of benzene rings is 1. The van der Waals surface area contributed by atoms with Crippen LogP contribution in [0.15, 0.2) is 24.3 Å². The van der Waals surface area contributed by atoms with Gasteiger partial charge in [0.25, 0.3) is 0 Å². The number of hydrogen-bond donors (Lipinski definition) is 1. The molecule has 1 rings (SSSR count). The first kappa shape index (κ1) is 16.2. The quantitative estimate of drug-likeness (QED) is 0.864. The summed E-state index contributed by atoms with van der Waals surface area (Å²) in [5.41, 5.74) is 6.00. The van der Waals surface area contributed by atoms with Crippen LogP contribution < -0.4 is 5.73 Å². The zero-order valence-electron chi connectivity index (χ0n) is 9.23. The number of nitrogens with two attached hydrogens (primary N) is 1. The molecular weight excluding hydrogens is 268 g/mol. The molecular formula is C11H14Cl2FNO2. The predicted octanol–water partition coefficient (Wildman–Crippen LogP) is 2.66. The molecule has 96 valence electrons. The van der Waals surface area contributed by atoms with Crippen molar-refractivity contribution in [3.8, 4) is 0 Å². The Morgan fingerprint density at radius 3 is 2.65 bits per heavy atom. The zero-order valence-corrected chi connectivity index (χ0v) is 10.8. The third-order valence-electron chi connectivity index (χ3n) is 2.09. The van der Waals surface area contributed by atoms with Crippen LogP contribution in [0.2, 0.25) is 5.02 Å². The standard InChI is InChI=1S/C11H13ClFNO2.ClH/c1-2-16-11(15)9(13)10(14)7-5-3-4-6-8(7)12;/h3-6,9-10H,2,14H2,1H3;1H/t9?,10-;/m0./s1. The summed E-state index contributed by atoms with van der Waals surface area (Å²) in [6.45, 7) is 1.72. The Balaban J connectivity index is 0.00000256. The lowest BCUT2D eigenvalue weighted by atomic mass is 10.0. The monoisotopic (exact) mass is 281 g/mol. The maximum atomic E-state index is 13.6. The number of carbonyl (C=O) groups excluding carboxylic acids is 1. The van der Waals surface area contributed by atoms with E-state index < -0.39 is 18.2 Å². The van der Waals surface area contributed by atoms with Crippen LogP contribution in [-0.4, -0.2) is 18.7 Å². The van der Waals surface area contributed by atoms with Crippen molar-refractivity contribution >= 4 is 30.0 Å². The molecule has 2 N–H and O–H groups in total. The summed E-state index contributed by atoms with van der Waals surface area (Å²) >= 11 is 5.85. The van der Waals surface area contributed by atoms with Gasteiger partial charge in [0, 0.05) is 5.02 Å². The zero-order chi connectivity index (χ0) is 12.1. The summed E-state index contributed by atoms with van der Waals surface area (Å²) < 4.78 is 18.1. The van der Waals surface area contributed by atoms with E-state index in [9.17, 15) is 9.18 Å². The Bertz CT molecular complexity index is 376. The van der Waals surface area contributed by atoms with E-state index in [4.69, 9.17) is 17.3 Å². The van der Waals surface area contributed by atoms with Gasteiger partial charge in [-0.3, -0.25) is 0 Å². The number of hydrogen-bond acceptors (Lipinski definition) is 3. The van der Waals surface area contributed by atoms with Crippen LogP contribution in [0.3, 0.4) is 0 Å². The third kappa shape index (κ3) is 4.15. The van der Waals surface area contributed by atoms with Crippen LogP contribution in [0.1, 0.15) is 18.5 Å². The first-order valence-corrected chi connectivity index (χ1v) is 5.26. The maximum Gasteiger partial charge on any atom is 0.342 e. The van der Waals surface area contributed by atoms with E-state index >= 15 is 0 Å². The molecule has 0 aliphatic rings. The fourth-order valence-corrected chi connectivity index (χ4v) is 1.53. The molecule has 17 heavy (non-hydrogen) atoms. The van der Waals surface area contributed by atoms with Gasteiger partial charge in [0.1, 0.15) is 0 Å². The highest BCUT2D eigenvalue weighted by molar-refractivity contribution is 6.31. The van der Waals surface area contributed by atoms with Crippen LogP contribution in [-0.2, 0) is 9.53 Å². The molecule has 0 heterocycles. The lowest BCUT2D eigenvalue weighted by molar-refractivity contribution is -0.149. The number of carbonyl (C=O) groups is 1. The number of halogens is 3. The Morgan fingerprint density at radius 1 is 1.53 bits per heavy atom. The average molecular weight is 282 g/mol. The van der Waals surface area contributed by atoms with Gasteiger partial charge < -0.3 is 10.5 Å². The first-order chi connectivity index (χ1) is 7.57. The minimum atomic E-state index is -1.90. The van der Waals surface area contributed by atoms with E-state index in [0.717, 1.165) is 0 Å². The molecule has 0 spiro atoms. The average Bonchev–Trinajstić information content (AvgIpc) is 2.28. The molecule has 3 nitrogen and oxygen atoms in total. The largest absolute Gasteiger partial charge is 0.464 e. The van der Waals surface area contributed by atoms with Crippen LogP contribution in [0.5, 0.6) is 0 Å². The van der Waals surface area contributed by atoms with E-state index in [1.54, 1.807) is 31.2 Å². The van der Waals surface area contributed by atoms with Crippen molar-refractivity contribution in [3.05, 3.63) is 34.9 Å². The van der Waals surface area contributed by atoms with Crippen molar-refractivity contribution in [2.75, 3.05) is 6.61 Å². The summed E-state index contributed by atoms with van der Waals surface area (Å²) in [5.74, 6) is -0.963. The fourth-order valence-electron chi connectivity index (χ4n) is 1.27. The summed E-state index contributed by atoms with van der Waals surface area (Å²) in [7, 11) is 0. The Morgan fingerprint density at radius 2 is 2.12 bits per heavy atom. The molecule has 1 unspecified atom stereocenters. The highest BCUT2D eigenvalue weighted by atomic mass is 35.5. The SMILES string of the molecule is CCOC(=O)C(F)[C@@H](N)c1ccccc1Cl.Cl. The Hall–Kier alpha value is -0.840. The van der Waals surface area contributed by atoms with Crippen molar-refractivity contribution in [2.45, 2.75) is 19.1 Å². The fraction of sp³-hybridized carbons (Fsp3) is 0.364. The topological polar surface area (TPSA) is 52.3 Å². The van der Waals surface area contributed by atoms with Crippen molar-refractivity contribution in [1.82, 2.24) is 0 Å². The summed E-state index contributed by atoms with van der Waals surface area (Å²) in [6.07, 6.45) is -1.90. The number of alkyl halides is 1. The van der Waals surface area contributed by atoms with Crippen molar-refractivity contribution in [2.24, 2.45) is 5.73 Å². The third-order valence-corrected chi connectivity index (χ3v) is 2.44. The van der Waals surface area contributed by atoms with E-state index in [-0.39, 0.29) is 19.0 Å². The Labute approximate surface area is 110 Å². The summed E-state index contributed by atoms with van der Waals surface area (Å²) in [5, 5.41) is 0.335. The second kappa shape index (κ2) is 7.48. The van der Waals surface area contributed by atoms with Gasteiger partial charge in [-0.1, -0.05) is 29.8 Å². The minimum Gasteiger partial charge on any atom is -0.464 e. The van der Waals surface area contributed by atoms with Crippen LogP contribution in [0.4, 0.5) is 4.39 Å². The number of rotatable bonds is 4. The second-order valence-electron chi connectivity index (χ2n) is 3.20. The molecule has 0 bridgehead atoms. The molecule has 0 aromatic heterocycles. The van der Waals surface area contributed by atoms with E-state index in [2.05, 4.69) is 4.74 Å². The maximum absolute atomic E-state index is 13.6.